The molecule has 2 heterocycles. The highest BCUT2D eigenvalue weighted by Crippen LogP contribution is 2.16. The van der Waals surface area contributed by atoms with Gasteiger partial charge in [0.2, 0.25) is 5.91 Å². The third-order valence-corrected chi connectivity index (χ3v) is 4.07. The van der Waals surface area contributed by atoms with E-state index >= 15 is 0 Å². The molecule has 22 heavy (non-hydrogen) atoms. The number of amides is 1. The highest BCUT2D eigenvalue weighted by Gasteiger charge is 2.16. The van der Waals surface area contributed by atoms with Gasteiger partial charge in [0, 0.05) is 31.3 Å². The lowest BCUT2D eigenvalue weighted by atomic mass is 10.2. The van der Waals surface area contributed by atoms with Gasteiger partial charge in [-0.3, -0.25) is 9.48 Å². The van der Waals surface area contributed by atoms with Gasteiger partial charge in [-0.2, -0.15) is 5.10 Å². The third kappa shape index (κ3) is 4.27. The molecule has 0 aliphatic heterocycles. The largest absolute Gasteiger partial charge is 0.392 e. The van der Waals surface area contributed by atoms with Gasteiger partial charge < -0.3 is 15.2 Å². The molecule has 0 saturated heterocycles. The summed E-state index contributed by atoms with van der Waals surface area (Å²) in [5.41, 5.74) is 1.72. The quantitative estimate of drug-likeness (QED) is 0.758. The van der Waals surface area contributed by atoms with Crippen LogP contribution >= 0.6 is 11.3 Å². The lowest BCUT2D eigenvalue weighted by molar-refractivity contribution is -0.117. The summed E-state index contributed by atoms with van der Waals surface area (Å²) >= 11 is 1.48. The van der Waals surface area contributed by atoms with Crippen molar-refractivity contribution in [1.82, 2.24) is 15.1 Å². The van der Waals surface area contributed by atoms with Gasteiger partial charge in [-0.1, -0.05) is 0 Å². The number of thiophene rings is 1. The molecule has 0 radical (unpaired) electrons. The first kappa shape index (κ1) is 16.4. The fourth-order valence-corrected chi connectivity index (χ4v) is 2.83. The van der Waals surface area contributed by atoms with E-state index in [9.17, 15) is 4.79 Å². The Labute approximate surface area is 133 Å². The first-order chi connectivity index (χ1) is 10.6. The number of aliphatic hydroxyl groups is 1. The van der Waals surface area contributed by atoms with Gasteiger partial charge in [0.05, 0.1) is 24.9 Å². The number of carbonyl (C=O) groups excluding carboxylic acids is 1. The van der Waals surface area contributed by atoms with Crippen molar-refractivity contribution < 1.29 is 14.6 Å². The SMILES string of the molecule is COCC(NC(=O)/C=C/c1cc(CO)cs1)c1ccnn1C. The van der Waals surface area contributed by atoms with Crippen LogP contribution in [0.25, 0.3) is 6.08 Å². The maximum absolute atomic E-state index is 12.1. The normalized spacial score (nSPS) is 12.7. The van der Waals surface area contributed by atoms with Crippen LogP contribution in [-0.4, -0.2) is 34.5 Å². The number of hydrogen-bond acceptors (Lipinski definition) is 5. The Bertz CT molecular complexity index is 648. The van der Waals surface area contributed by atoms with Crippen molar-refractivity contribution in [3.63, 3.8) is 0 Å². The van der Waals surface area contributed by atoms with E-state index in [0.717, 1.165) is 16.1 Å². The number of aromatic nitrogens is 2. The first-order valence-corrected chi connectivity index (χ1v) is 7.65. The molecule has 0 aliphatic carbocycles. The average molecular weight is 321 g/mol. The summed E-state index contributed by atoms with van der Waals surface area (Å²) in [4.78, 5) is 13.0. The topological polar surface area (TPSA) is 76.4 Å². The van der Waals surface area contributed by atoms with Gasteiger partial charge >= 0.3 is 0 Å². The molecular weight excluding hydrogens is 302 g/mol. The molecule has 1 amide bonds. The van der Waals surface area contributed by atoms with Gasteiger partial charge in [0.25, 0.3) is 0 Å². The van der Waals surface area contributed by atoms with E-state index in [-0.39, 0.29) is 18.6 Å². The molecule has 0 aliphatic rings. The summed E-state index contributed by atoms with van der Waals surface area (Å²) in [6.45, 7) is 0.375. The van der Waals surface area contributed by atoms with E-state index in [0.29, 0.717) is 6.61 Å². The monoisotopic (exact) mass is 321 g/mol. The number of nitrogens with one attached hydrogen (secondary N) is 1. The molecule has 1 unspecified atom stereocenters. The molecule has 0 saturated carbocycles. The molecule has 0 bridgehead atoms. The highest BCUT2D eigenvalue weighted by atomic mass is 32.1. The summed E-state index contributed by atoms with van der Waals surface area (Å²) in [7, 11) is 3.41. The Morgan fingerprint density at radius 3 is 3.05 bits per heavy atom. The summed E-state index contributed by atoms with van der Waals surface area (Å²) in [6, 6.07) is 3.44. The Hall–Kier alpha value is -1.96. The zero-order valence-corrected chi connectivity index (χ0v) is 13.3. The molecule has 2 aromatic rings. The van der Waals surface area contributed by atoms with Crippen LogP contribution in [0.15, 0.2) is 29.8 Å². The minimum atomic E-state index is -0.258. The van der Waals surface area contributed by atoms with Crippen molar-refractivity contribution in [3.05, 3.63) is 45.9 Å². The number of carbonyl (C=O) groups is 1. The van der Waals surface area contributed by atoms with Crippen LogP contribution in [0.2, 0.25) is 0 Å². The number of hydrogen-bond donors (Lipinski definition) is 2. The molecule has 7 heteroatoms. The highest BCUT2D eigenvalue weighted by molar-refractivity contribution is 7.11. The molecule has 6 nitrogen and oxygen atoms in total. The zero-order chi connectivity index (χ0) is 15.9. The van der Waals surface area contributed by atoms with Gasteiger partial charge in [-0.25, -0.2) is 0 Å². The fraction of sp³-hybridized carbons (Fsp3) is 0.333. The van der Waals surface area contributed by atoms with Crippen LogP contribution in [0, 0.1) is 0 Å². The molecule has 118 valence electrons. The number of nitrogens with zero attached hydrogens (tertiary/aromatic N) is 2. The van der Waals surface area contributed by atoms with Crippen LogP contribution in [0.1, 0.15) is 22.2 Å². The Morgan fingerprint density at radius 1 is 1.64 bits per heavy atom. The standard InChI is InChI=1S/C15H19N3O3S/c1-18-14(5-6-16-18)13(9-21-2)17-15(20)4-3-12-7-11(8-19)10-22-12/h3-7,10,13,19H,8-9H2,1-2H3,(H,17,20)/b4-3+. The van der Waals surface area contributed by atoms with Crippen LogP contribution in [-0.2, 0) is 23.2 Å². The number of methoxy groups -OCH3 is 1. The lowest BCUT2D eigenvalue weighted by Gasteiger charge is -2.17. The minimum Gasteiger partial charge on any atom is -0.392 e. The lowest BCUT2D eigenvalue weighted by Crippen LogP contribution is -2.31. The number of aryl methyl sites for hydroxylation is 1. The molecule has 2 N–H and O–H groups in total. The maximum Gasteiger partial charge on any atom is 0.244 e. The van der Waals surface area contributed by atoms with Gasteiger partial charge in [-0.15, -0.1) is 11.3 Å². The van der Waals surface area contributed by atoms with Crippen molar-refractivity contribution in [2.75, 3.05) is 13.7 Å². The number of ether oxygens (including phenoxy) is 1. The second-order valence-corrected chi connectivity index (χ2v) is 5.69. The maximum atomic E-state index is 12.1. The number of rotatable bonds is 7. The van der Waals surface area contributed by atoms with E-state index in [1.54, 1.807) is 24.1 Å². The van der Waals surface area contributed by atoms with Crippen molar-refractivity contribution in [1.29, 1.82) is 0 Å². The molecule has 1 atom stereocenters. The van der Waals surface area contributed by atoms with Crippen molar-refractivity contribution in [2.45, 2.75) is 12.6 Å². The van der Waals surface area contributed by atoms with Crippen LogP contribution in [0.5, 0.6) is 0 Å². The van der Waals surface area contributed by atoms with Crippen molar-refractivity contribution in [3.8, 4) is 0 Å². The van der Waals surface area contributed by atoms with Gasteiger partial charge in [0.15, 0.2) is 0 Å². The zero-order valence-electron chi connectivity index (χ0n) is 12.5. The summed E-state index contributed by atoms with van der Waals surface area (Å²) in [5.74, 6) is -0.206. The first-order valence-electron chi connectivity index (χ1n) is 6.77. The molecule has 0 spiro atoms. The van der Waals surface area contributed by atoms with Gasteiger partial charge in [-0.05, 0) is 29.2 Å². The van der Waals surface area contributed by atoms with E-state index in [4.69, 9.17) is 9.84 Å². The molecular formula is C15H19N3O3S. The fourth-order valence-electron chi connectivity index (χ4n) is 2.04. The molecule has 0 fully saturated rings. The summed E-state index contributed by atoms with van der Waals surface area (Å²) < 4.78 is 6.87. The molecule has 2 aromatic heterocycles. The number of aliphatic hydroxyl groups excluding tert-OH is 1. The molecule has 2 rings (SSSR count). The summed E-state index contributed by atoms with van der Waals surface area (Å²) in [6.07, 6.45) is 4.89. The second-order valence-electron chi connectivity index (χ2n) is 4.74. The van der Waals surface area contributed by atoms with Gasteiger partial charge in [0.1, 0.15) is 0 Å². The predicted molar refractivity (Wildman–Crippen MR) is 85.2 cm³/mol. The van der Waals surface area contributed by atoms with Crippen LogP contribution in [0.3, 0.4) is 0 Å². The predicted octanol–water partition coefficient (Wildman–Crippen LogP) is 1.49. The van der Waals surface area contributed by atoms with E-state index in [1.165, 1.54) is 17.4 Å². The Morgan fingerprint density at radius 2 is 2.45 bits per heavy atom. The van der Waals surface area contributed by atoms with Crippen molar-refractivity contribution >= 4 is 23.3 Å². The van der Waals surface area contributed by atoms with Crippen LogP contribution < -0.4 is 5.32 Å². The smallest absolute Gasteiger partial charge is 0.244 e. The second kappa shape index (κ2) is 7.88. The van der Waals surface area contributed by atoms with E-state index < -0.39 is 0 Å². The molecule has 0 aromatic carbocycles. The third-order valence-electron chi connectivity index (χ3n) is 3.12. The van der Waals surface area contributed by atoms with E-state index in [1.807, 2.05) is 24.6 Å². The Kier molecular flexibility index (Phi) is 5.88. The van der Waals surface area contributed by atoms with Crippen molar-refractivity contribution in [2.24, 2.45) is 7.05 Å². The van der Waals surface area contributed by atoms with Crippen LogP contribution in [0.4, 0.5) is 0 Å². The minimum absolute atomic E-state index is 0.00688. The average Bonchev–Trinajstić information content (AvgIpc) is 3.13. The van der Waals surface area contributed by atoms with E-state index in [2.05, 4.69) is 10.4 Å². The summed E-state index contributed by atoms with van der Waals surface area (Å²) in [5, 5.41) is 17.9. The Balaban J connectivity index is 2.00.